The standard InChI is InChI=1S/C29H27NO4/c1-2-33-28-18-13-23(19-24(28)21-32-20-22-9-5-3-6-10-22)29(31)30-25-14-16-27(17-15-25)34-26-11-7-4-8-12-26/h3-19H,2,20-21H2,1H3,(H,30,31). The number of benzene rings is 4. The molecule has 0 spiro atoms. The predicted molar refractivity (Wildman–Crippen MR) is 133 cm³/mol. The predicted octanol–water partition coefficient (Wildman–Crippen LogP) is 6.85. The number of carbonyl (C=O) groups excluding carboxylic acids is 1. The molecule has 0 aromatic heterocycles. The number of ether oxygens (including phenoxy) is 3. The summed E-state index contributed by atoms with van der Waals surface area (Å²) >= 11 is 0. The lowest BCUT2D eigenvalue weighted by atomic mass is 10.1. The zero-order valence-corrected chi connectivity index (χ0v) is 19.1. The highest BCUT2D eigenvalue weighted by atomic mass is 16.5. The minimum Gasteiger partial charge on any atom is -0.494 e. The fraction of sp³-hybridized carbons (Fsp3) is 0.138. The van der Waals surface area contributed by atoms with Crippen molar-refractivity contribution in [3.05, 3.63) is 120 Å². The van der Waals surface area contributed by atoms with E-state index in [1.165, 1.54) is 0 Å². The van der Waals surface area contributed by atoms with E-state index in [2.05, 4.69) is 5.32 Å². The highest BCUT2D eigenvalue weighted by Crippen LogP contribution is 2.25. The Balaban J connectivity index is 1.40. The van der Waals surface area contributed by atoms with Gasteiger partial charge in [0.05, 0.1) is 19.8 Å². The number of hydrogen-bond donors (Lipinski definition) is 1. The van der Waals surface area contributed by atoms with E-state index >= 15 is 0 Å². The lowest BCUT2D eigenvalue weighted by Gasteiger charge is -2.13. The van der Waals surface area contributed by atoms with E-state index in [1.54, 1.807) is 6.07 Å². The molecule has 0 aliphatic carbocycles. The third kappa shape index (κ3) is 6.47. The van der Waals surface area contributed by atoms with Gasteiger partial charge in [-0.3, -0.25) is 4.79 Å². The van der Waals surface area contributed by atoms with Crippen LogP contribution >= 0.6 is 0 Å². The summed E-state index contributed by atoms with van der Waals surface area (Å²) in [5.74, 6) is 1.97. The van der Waals surface area contributed by atoms with E-state index in [4.69, 9.17) is 14.2 Å². The Morgan fingerprint density at radius 2 is 1.44 bits per heavy atom. The molecule has 5 heteroatoms. The molecule has 172 valence electrons. The summed E-state index contributed by atoms with van der Waals surface area (Å²) in [6.45, 7) is 3.30. The average molecular weight is 454 g/mol. The molecular formula is C29H27NO4. The minimum absolute atomic E-state index is 0.205. The monoisotopic (exact) mass is 453 g/mol. The maximum Gasteiger partial charge on any atom is 0.255 e. The fourth-order valence-electron chi connectivity index (χ4n) is 3.42. The highest BCUT2D eigenvalue weighted by Gasteiger charge is 2.12. The molecule has 5 nitrogen and oxygen atoms in total. The molecule has 4 aromatic rings. The first-order valence-electron chi connectivity index (χ1n) is 11.2. The summed E-state index contributed by atoms with van der Waals surface area (Å²) in [5, 5.41) is 2.93. The quantitative estimate of drug-likeness (QED) is 0.285. The van der Waals surface area contributed by atoms with Crippen molar-refractivity contribution in [2.75, 3.05) is 11.9 Å². The number of carbonyl (C=O) groups is 1. The first kappa shape index (κ1) is 23.1. The molecule has 4 aromatic carbocycles. The second kappa shape index (κ2) is 11.7. The van der Waals surface area contributed by atoms with Gasteiger partial charge in [0.15, 0.2) is 0 Å². The van der Waals surface area contributed by atoms with Gasteiger partial charge in [0, 0.05) is 16.8 Å². The molecule has 0 saturated heterocycles. The van der Waals surface area contributed by atoms with Crippen LogP contribution in [0.2, 0.25) is 0 Å². The van der Waals surface area contributed by atoms with Gasteiger partial charge >= 0.3 is 0 Å². The minimum atomic E-state index is -0.205. The van der Waals surface area contributed by atoms with Gasteiger partial charge in [0.1, 0.15) is 17.2 Å². The Bertz CT molecular complexity index is 1190. The molecule has 0 aliphatic heterocycles. The molecule has 0 radical (unpaired) electrons. The zero-order valence-electron chi connectivity index (χ0n) is 19.1. The summed E-state index contributed by atoms with van der Waals surface area (Å²) in [4.78, 5) is 12.9. The van der Waals surface area contributed by atoms with E-state index < -0.39 is 0 Å². The van der Waals surface area contributed by atoms with Gasteiger partial charge in [0.2, 0.25) is 0 Å². The van der Waals surface area contributed by atoms with E-state index in [1.807, 2.05) is 104 Å². The maximum absolute atomic E-state index is 12.9. The zero-order chi connectivity index (χ0) is 23.6. The SMILES string of the molecule is CCOc1ccc(C(=O)Nc2ccc(Oc3ccccc3)cc2)cc1COCc1ccccc1. The van der Waals surface area contributed by atoms with E-state index in [-0.39, 0.29) is 5.91 Å². The molecule has 0 atom stereocenters. The number of amides is 1. The number of hydrogen-bond acceptors (Lipinski definition) is 4. The van der Waals surface area contributed by atoms with Gasteiger partial charge in [-0.05, 0) is 67.1 Å². The van der Waals surface area contributed by atoms with Gasteiger partial charge in [0.25, 0.3) is 5.91 Å². The summed E-state index contributed by atoms with van der Waals surface area (Å²) < 4.78 is 17.4. The number of anilines is 1. The van der Waals surface area contributed by atoms with Crippen molar-refractivity contribution in [2.45, 2.75) is 20.1 Å². The van der Waals surface area contributed by atoms with Crippen LogP contribution in [0.4, 0.5) is 5.69 Å². The summed E-state index contributed by atoms with van der Waals surface area (Å²) in [6, 6.07) is 32.2. The van der Waals surface area contributed by atoms with Gasteiger partial charge < -0.3 is 19.5 Å². The Hall–Kier alpha value is -4.09. The van der Waals surface area contributed by atoms with Crippen LogP contribution in [0.15, 0.2) is 103 Å². The van der Waals surface area contributed by atoms with E-state index in [0.717, 1.165) is 22.6 Å². The number of para-hydroxylation sites is 1. The van der Waals surface area contributed by atoms with Crippen LogP contribution in [0.5, 0.6) is 17.2 Å². The molecule has 1 N–H and O–H groups in total. The first-order chi connectivity index (χ1) is 16.7. The van der Waals surface area contributed by atoms with Gasteiger partial charge in [-0.25, -0.2) is 0 Å². The fourth-order valence-corrected chi connectivity index (χ4v) is 3.42. The summed E-state index contributed by atoms with van der Waals surface area (Å²) in [7, 11) is 0. The molecule has 1 amide bonds. The van der Waals surface area contributed by atoms with Crippen LogP contribution in [0, 0.1) is 0 Å². The van der Waals surface area contributed by atoms with Gasteiger partial charge in [-0.2, -0.15) is 0 Å². The molecule has 0 saturated carbocycles. The van der Waals surface area contributed by atoms with Crippen LogP contribution in [0.1, 0.15) is 28.4 Å². The van der Waals surface area contributed by atoms with Crippen molar-refractivity contribution >= 4 is 11.6 Å². The molecule has 0 bridgehead atoms. The van der Waals surface area contributed by atoms with Crippen LogP contribution in [-0.2, 0) is 18.0 Å². The van der Waals surface area contributed by atoms with Crippen molar-refractivity contribution in [2.24, 2.45) is 0 Å². The lowest BCUT2D eigenvalue weighted by molar-refractivity contribution is 0.101. The van der Waals surface area contributed by atoms with Crippen LogP contribution in [0.3, 0.4) is 0 Å². The third-order valence-corrected chi connectivity index (χ3v) is 5.08. The third-order valence-electron chi connectivity index (χ3n) is 5.08. The van der Waals surface area contributed by atoms with Gasteiger partial charge in [-0.1, -0.05) is 48.5 Å². The largest absolute Gasteiger partial charge is 0.494 e. The lowest BCUT2D eigenvalue weighted by Crippen LogP contribution is -2.12. The van der Waals surface area contributed by atoms with E-state index in [9.17, 15) is 4.79 Å². The Morgan fingerprint density at radius 3 is 2.15 bits per heavy atom. The average Bonchev–Trinajstić information content (AvgIpc) is 2.87. The number of nitrogens with one attached hydrogen (secondary N) is 1. The Morgan fingerprint density at radius 1 is 0.765 bits per heavy atom. The molecule has 0 aliphatic rings. The number of rotatable bonds is 10. The summed E-state index contributed by atoms with van der Waals surface area (Å²) in [6.07, 6.45) is 0. The Kier molecular flexibility index (Phi) is 7.93. The highest BCUT2D eigenvalue weighted by molar-refractivity contribution is 6.04. The van der Waals surface area contributed by atoms with Crippen molar-refractivity contribution in [1.29, 1.82) is 0 Å². The molecule has 34 heavy (non-hydrogen) atoms. The smallest absolute Gasteiger partial charge is 0.255 e. The van der Waals surface area contributed by atoms with Crippen LogP contribution < -0.4 is 14.8 Å². The van der Waals surface area contributed by atoms with Crippen molar-refractivity contribution in [3.8, 4) is 17.2 Å². The Labute approximate surface area is 199 Å². The molecule has 0 heterocycles. The molecular weight excluding hydrogens is 426 g/mol. The summed E-state index contributed by atoms with van der Waals surface area (Å²) in [5.41, 5.74) is 3.14. The topological polar surface area (TPSA) is 56.8 Å². The van der Waals surface area contributed by atoms with Crippen LogP contribution in [-0.4, -0.2) is 12.5 Å². The van der Waals surface area contributed by atoms with Crippen molar-refractivity contribution in [1.82, 2.24) is 0 Å². The van der Waals surface area contributed by atoms with E-state index in [0.29, 0.717) is 36.8 Å². The van der Waals surface area contributed by atoms with Crippen molar-refractivity contribution in [3.63, 3.8) is 0 Å². The first-order valence-corrected chi connectivity index (χ1v) is 11.2. The van der Waals surface area contributed by atoms with Gasteiger partial charge in [-0.15, -0.1) is 0 Å². The molecule has 4 rings (SSSR count). The second-order valence-corrected chi connectivity index (χ2v) is 7.63. The van der Waals surface area contributed by atoms with Crippen LogP contribution in [0.25, 0.3) is 0 Å². The molecule has 0 fully saturated rings. The normalized spacial score (nSPS) is 10.5. The second-order valence-electron chi connectivity index (χ2n) is 7.63. The molecule has 0 unspecified atom stereocenters. The van der Waals surface area contributed by atoms with Crippen molar-refractivity contribution < 1.29 is 19.0 Å². The maximum atomic E-state index is 12.9.